The molecular weight excluding hydrogens is 218 g/mol. The lowest BCUT2D eigenvalue weighted by Gasteiger charge is -2.25. The van der Waals surface area contributed by atoms with Crippen LogP contribution in [0.3, 0.4) is 0 Å². The van der Waals surface area contributed by atoms with Crippen molar-refractivity contribution in [2.45, 2.75) is 40.2 Å². The van der Waals surface area contributed by atoms with Crippen molar-refractivity contribution in [2.75, 3.05) is 20.1 Å². The van der Waals surface area contributed by atoms with E-state index in [1.165, 1.54) is 0 Å². The van der Waals surface area contributed by atoms with Gasteiger partial charge in [-0.15, -0.1) is 0 Å². The molecule has 0 fully saturated rings. The van der Waals surface area contributed by atoms with Gasteiger partial charge in [-0.1, -0.05) is 6.92 Å². The molecule has 0 aromatic carbocycles. The smallest absolute Gasteiger partial charge is 0.236 e. The molecule has 0 aromatic heterocycles. The zero-order valence-corrected chi connectivity index (χ0v) is 11.5. The Balaban J connectivity index is 4.10. The Labute approximate surface area is 104 Å². The fraction of sp³-hybridized carbons (Fsp3) is 0.833. The van der Waals surface area contributed by atoms with Crippen molar-refractivity contribution in [1.82, 2.24) is 16.0 Å². The van der Waals surface area contributed by atoms with Gasteiger partial charge in [-0.25, -0.2) is 0 Å². The highest BCUT2D eigenvalue weighted by Gasteiger charge is 2.27. The third-order valence-corrected chi connectivity index (χ3v) is 2.63. The molecule has 0 bridgehead atoms. The lowest BCUT2D eigenvalue weighted by molar-refractivity contribution is -0.129. The molecule has 5 nitrogen and oxygen atoms in total. The average molecular weight is 243 g/mol. The van der Waals surface area contributed by atoms with E-state index in [2.05, 4.69) is 16.0 Å². The molecule has 0 aliphatic carbocycles. The number of amides is 2. The molecule has 0 saturated carbocycles. The molecule has 100 valence electrons. The molecule has 0 aromatic rings. The molecule has 0 radical (unpaired) electrons. The Morgan fingerprint density at radius 1 is 1.29 bits per heavy atom. The summed E-state index contributed by atoms with van der Waals surface area (Å²) in [5, 5.41) is 8.50. The van der Waals surface area contributed by atoms with Crippen LogP contribution >= 0.6 is 0 Å². The van der Waals surface area contributed by atoms with Crippen molar-refractivity contribution in [3.8, 4) is 0 Å². The number of carbonyl (C=O) groups is 2. The van der Waals surface area contributed by atoms with Gasteiger partial charge in [-0.3, -0.25) is 9.59 Å². The van der Waals surface area contributed by atoms with E-state index >= 15 is 0 Å². The highest BCUT2D eigenvalue weighted by molar-refractivity contribution is 5.83. The summed E-state index contributed by atoms with van der Waals surface area (Å²) >= 11 is 0. The Hall–Kier alpha value is -1.10. The SMILES string of the molecule is CCCNC(=O)C(C)NCC(C)(C)C(=O)NC. The summed E-state index contributed by atoms with van der Waals surface area (Å²) in [6.45, 7) is 8.64. The monoisotopic (exact) mass is 243 g/mol. The van der Waals surface area contributed by atoms with Crippen molar-refractivity contribution in [1.29, 1.82) is 0 Å². The van der Waals surface area contributed by atoms with Gasteiger partial charge in [0.2, 0.25) is 11.8 Å². The lowest BCUT2D eigenvalue weighted by atomic mass is 9.92. The van der Waals surface area contributed by atoms with Crippen molar-refractivity contribution < 1.29 is 9.59 Å². The van der Waals surface area contributed by atoms with Crippen LogP contribution in [0.25, 0.3) is 0 Å². The second kappa shape index (κ2) is 7.27. The van der Waals surface area contributed by atoms with E-state index in [1.807, 2.05) is 20.8 Å². The molecule has 0 aliphatic rings. The fourth-order valence-corrected chi connectivity index (χ4v) is 1.32. The van der Waals surface area contributed by atoms with E-state index in [9.17, 15) is 9.59 Å². The van der Waals surface area contributed by atoms with Crippen LogP contribution in [0.5, 0.6) is 0 Å². The highest BCUT2D eigenvalue weighted by atomic mass is 16.2. The Morgan fingerprint density at radius 2 is 1.88 bits per heavy atom. The van der Waals surface area contributed by atoms with Gasteiger partial charge in [0.05, 0.1) is 11.5 Å². The van der Waals surface area contributed by atoms with Crippen LogP contribution in [-0.4, -0.2) is 38.0 Å². The van der Waals surface area contributed by atoms with Gasteiger partial charge in [0, 0.05) is 20.1 Å². The first-order chi connectivity index (χ1) is 7.85. The zero-order valence-electron chi connectivity index (χ0n) is 11.5. The van der Waals surface area contributed by atoms with Gasteiger partial charge in [0.1, 0.15) is 0 Å². The summed E-state index contributed by atoms with van der Waals surface area (Å²) < 4.78 is 0. The highest BCUT2D eigenvalue weighted by Crippen LogP contribution is 2.13. The number of nitrogens with one attached hydrogen (secondary N) is 3. The standard InChI is InChI=1S/C12H25N3O2/c1-6-7-14-10(16)9(2)15-8-12(3,4)11(17)13-5/h9,15H,6-8H2,1-5H3,(H,13,17)(H,14,16). The minimum Gasteiger partial charge on any atom is -0.359 e. The molecule has 3 N–H and O–H groups in total. The third kappa shape index (κ3) is 5.68. The normalized spacial score (nSPS) is 13.0. The Bertz CT molecular complexity index is 264. The van der Waals surface area contributed by atoms with Crippen molar-refractivity contribution in [3.05, 3.63) is 0 Å². The van der Waals surface area contributed by atoms with Gasteiger partial charge < -0.3 is 16.0 Å². The van der Waals surface area contributed by atoms with Crippen LogP contribution < -0.4 is 16.0 Å². The van der Waals surface area contributed by atoms with Crippen LogP contribution in [0, 0.1) is 5.41 Å². The van der Waals surface area contributed by atoms with E-state index in [1.54, 1.807) is 14.0 Å². The average Bonchev–Trinajstić information content (AvgIpc) is 2.31. The second-order valence-corrected chi connectivity index (χ2v) is 4.86. The second-order valence-electron chi connectivity index (χ2n) is 4.86. The van der Waals surface area contributed by atoms with Crippen molar-refractivity contribution in [3.63, 3.8) is 0 Å². The van der Waals surface area contributed by atoms with E-state index in [4.69, 9.17) is 0 Å². The molecule has 0 saturated heterocycles. The van der Waals surface area contributed by atoms with Crippen molar-refractivity contribution in [2.24, 2.45) is 5.41 Å². The minimum atomic E-state index is -0.520. The summed E-state index contributed by atoms with van der Waals surface area (Å²) in [6.07, 6.45) is 0.919. The fourth-order valence-electron chi connectivity index (χ4n) is 1.32. The molecular formula is C12H25N3O2. The summed E-state index contributed by atoms with van der Waals surface area (Å²) in [5.41, 5.74) is -0.520. The van der Waals surface area contributed by atoms with E-state index in [0.717, 1.165) is 6.42 Å². The van der Waals surface area contributed by atoms with Gasteiger partial charge in [-0.05, 0) is 27.2 Å². The Kier molecular flexibility index (Phi) is 6.80. The number of hydrogen-bond donors (Lipinski definition) is 3. The van der Waals surface area contributed by atoms with Crippen LogP contribution in [-0.2, 0) is 9.59 Å². The van der Waals surface area contributed by atoms with Crippen LogP contribution in [0.15, 0.2) is 0 Å². The predicted octanol–water partition coefficient (Wildman–Crippen LogP) is 0.263. The first kappa shape index (κ1) is 15.9. The largest absolute Gasteiger partial charge is 0.359 e. The number of rotatable bonds is 7. The van der Waals surface area contributed by atoms with Crippen LogP contribution in [0.4, 0.5) is 0 Å². The van der Waals surface area contributed by atoms with Crippen molar-refractivity contribution >= 4 is 11.8 Å². The minimum absolute atomic E-state index is 0.0282. The summed E-state index contributed by atoms with van der Waals surface area (Å²) in [4.78, 5) is 23.1. The van der Waals surface area contributed by atoms with E-state index < -0.39 is 5.41 Å². The zero-order chi connectivity index (χ0) is 13.5. The molecule has 0 heterocycles. The predicted molar refractivity (Wildman–Crippen MR) is 68.6 cm³/mol. The van der Waals surface area contributed by atoms with Gasteiger partial charge >= 0.3 is 0 Å². The lowest BCUT2D eigenvalue weighted by Crippen LogP contribution is -2.49. The first-order valence-corrected chi connectivity index (χ1v) is 6.08. The molecule has 1 unspecified atom stereocenters. The first-order valence-electron chi connectivity index (χ1n) is 6.08. The molecule has 0 rings (SSSR count). The molecule has 17 heavy (non-hydrogen) atoms. The molecule has 5 heteroatoms. The third-order valence-electron chi connectivity index (χ3n) is 2.63. The van der Waals surface area contributed by atoms with Gasteiger partial charge in [-0.2, -0.15) is 0 Å². The van der Waals surface area contributed by atoms with Gasteiger partial charge in [0.25, 0.3) is 0 Å². The number of hydrogen-bond acceptors (Lipinski definition) is 3. The topological polar surface area (TPSA) is 70.2 Å². The summed E-state index contributed by atoms with van der Waals surface area (Å²) in [6, 6.07) is -0.287. The summed E-state index contributed by atoms with van der Waals surface area (Å²) in [5.74, 6) is -0.0641. The number of carbonyl (C=O) groups excluding carboxylic acids is 2. The van der Waals surface area contributed by atoms with Gasteiger partial charge in [0.15, 0.2) is 0 Å². The maximum absolute atomic E-state index is 11.6. The van der Waals surface area contributed by atoms with Crippen LogP contribution in [0.1, 0.15) is 34.1 Å². The molecule has 2 amide bonds. The molecule has 1 atom stereocenters. The molecule has 0 aliphatic heterocycles. The van der Waals surface area contributed by atoms with E-state index in [0.29, 0.717) is 13.1 Å². The molecule has 0 spiro atoms. The van der Waals surface area contributed by atoms with Crippen LogP contribution in [0.2, 0.25) is 0 Å². The maximum atomic E-state index is 11.6. The van der Waals surface area contributed by atoms with E-state index in [-0.39, 0.29) is 17.9 Å². The Morgan fingerprint density at radius 3 is 2.35 bits per heavy atom. The quantitative estimate of drug-likeness (QED) is 0.601. The maximum Gasteiger partial charge on any atom is 0.236 e. The summed E-state index contributed by atoms with van der Waals surface area (Å²) in [7, 11) is 1.61.